The van der Waals surface area contributed by atoms with Gasteiger partial charge in [-0.1, -0.05) is 13.8 Å². The van der Waals surface area contributed by atoms with E-state index in [-0.39, 0.29) is 39.0 Å². The van der Waals surface area contributed by atoms with Gasteiger partial charge in [0.25, 0.3) is 0 Å². The molecule has 0 saturated carbocycles. The Hall–Kier alpha value is -0.950. The van der Waals surface area contributed by atoms with E-state index in [4.69, 9.17) is 10.4 Å². The van der Waals surface area contributed by atoms with Crippen molar-refractivity contribution in [3.05, 3.63) is 14.7 Å². The molecule has 1 rings (SSSR count). The molecule has 0 aliphatic carbocycles. The molecule has 0 amide bonds. The number of nitrogens with zero attached hydrogens (tertiary/aromatic N) is 2. The summed E-state index contributed by atoms with van der Waals surface area (Å²) >= 11 is 3.96. The van der Waals surface area contributed by atoms with E-state index < -0.39 is 16.0 Å². The normalized spacial score (nSPS) is 11.8. The van der Waals surface area contributed by atoms with E-state index in [0.717, 1.165) is 17.4 Å². The summed E-state index contributed by atoms with van der Waals surface area (Å²) in [6.07, 6.45) is 0.0828. The molecule has 9 heteroatoms. The first kappa shape index (κ1) is 18.1. The quantitative estimate of drug-likeness (QED) is 0.766. The van der Waals surface area contributed by atoms with Crippen LogP contribution in [0.25, 0.3) is 0 Å². The smallest absolute Gasteiger partial charge is 0.345 e. The monoisotopic (exact) mass is 394 g/mol. The van der Waals surface area contributed by atoms with Crippen LogP contribution < -0.4 is 0 Å². The molecule has 0 aliphatic rings. The summed E-state index contributed by atoms with van der Waals surface area (Å²) in [6, 6.07) is 3.07. The Morgan fingerprint density at radius 1 is 1.57 bits per heavy atom. The third-order valence-corrected chi connectivity index (χ3v) is 6.63. The number of halogens is 1. The van der Waals surface area contributed by atoms with E-state index in [1.807, 2.05) is 19.9 Å². The van der Waals surface area contributed by atoms with Gasteiger partial charge in [-0.15, -0.1) is 11.3 Å². The van der Waals surface area contributed by atoms with Gasteiger partial charge in [-0.2, -0.15) is 9.57 Å². The highest BCUT2D eigenvalue weighted by Gasteiger charge is 2.29. The van der Waals surface area contributed by atoms with E-state index in [1.54, 1.807) is 0 Å². The van der Waals surface area contributed by atoms with Crippen molar-refractivity contribution < 1.29 is 18.3 Å². The summed E-state index contributed by atoms with van der Waals surface area (Å²) in [7, 11) is -3.83. The SMILES string of the molecule is CC(C)CN(CCC#N)S(=O)(=O)c1cc(C(=O)O)sc1Br. The summed E-state index contributed by atoms with van der Waals surface area (Å²) in [5.74, 6) is -1.08. The molecule has 1 heterocycles. The van der Waals surface area contributed by atoms with E-state index in [9.17, 15) is 13.2 Å². The van der Waals surface area contributed by atoms with Gasteiger partial charge in [-0.25, -0.2) is 13.2 Å². The number of thiophene rings is 1. The summed E-state index contributed by atoms with van der Waals surface area (Å²) in [6.45, 7) is 4.11. The summed E-state index contributed by atoms with van der Waals surface area (Å²) in [5.41, 5.74) is 0. The Labute approximate surface area is 136 Å². The average molecular weight is 395 g/mol. The van der Waals surface area contributed by atoms with Gasteiger partial charge in [-0.3, -0.25) is 0 Å². The van der Waals surface area contributed by atoms with E-state index >= 15 is 0 Å². The molecule has 1 N–H and O–H groups in total. The van der Waals surface area contributed by atoms with Crippen LogP contribution in [0.3, 0.4) is 0 Å². The molecule has 0 bridgehead atoms. The number of carboxylic acids is 1. The molecule has 1 aromatic rings. The highest BCUT2D eigenvalue weighted by atomic mass is 79.9. The van der Waals surface area contributed by atoms with Crippen molar-refractivity contribution in [3.63, 3.8) is 0 Å². The van der Waals surface area contributed by atoms with Gasteiger partial charge in [0.1, 0.15) is 9.77 Å². The predicted octanol–water partition coefficient (Wildman–Crippen LogP) is 2.77. The largest absolute Gasteiger partial charge is 0.477 e. The standard InChI is InChI=1S/C12H15BrN2O4S2/c1-8(2)7-15(5-3-4-14)21(18,19)10-6-9(12(16)17)20-11(10)13/h6,8H,3,5,7H2,1-2H3,(H,16,17). The maximum absolute atomic E-state index is 12.6. The zero-order valence-corrected chi connectivity index (χ0v) is 14.8. The number of hydrogen-bond acceptors (Lipinski definition) is 5. The summed E-state index contributed by atoms with van der Waals surface area (Å²) < 4.78 is 26.7. The average Bonchev–Trinajstić information content (AvgIpc) is 2.77. The van der Waals surface area contributed by atoms with Gasteiger partial charge in [0, 0.05) is 19.5 Å². The fourth-order valence-electron chi connectivity index (χ4n) is 1.66. The Kier molecular flexibility index (Phi) is 6.34. The third-order valence-electron chi connectivity index (χ3n) is 2.53. The van der Waals surface area contributed by atoms with Gasteiger partial charge in [0.15, 0.2) is 0 Å². The van der Waals surface area contributed by atoms with Gasteiger partial charge in [0.2, 0.25) is 10.0 Å². The van der Waals surface area contributed by atoms with Crippen LogP contribution in [-0.2, 0) is 10.0 Å². The zero-order valence-electron chi connectivity index (χ0n) is 11.5. The topological polar surface area (TPSA) is 98.5 Å². The Bertz CT molecular complexity index is 661. The van der Waals surface area contributed by atoms with Crippen LogP contribution in [0.1, 0.15) is 29.9 Å². The summed E-state index contributed by atoms with van der Waals surface area (Å²) in [4.78, 5) is 10.8. The number of hydrogen-bond donors (Lipinski definition) is 1. The van der Waals surface area contributed by atoms with Crippen LogP contribution in [-0.4, -0.2) is 36.9 Å². The molecule has 0 aromatic carbocycles. The second-order valence-electron chi connectivity index (χ2n) is 4.72. The fourth-order valence-corrected chi connectivity index (χ4v) is 5.62. The maximum atomic E-state index is 12.6. The number of nitriles is 1. The van der Waals surface area contributed by atoms with Crippen molar-refractivity contribution in [1.29, 1.82) is 5.26 Å². The van der Waals surface area contributed by atoms with Crippen molar-refractivity contribution in [2.45, 2.75) is 25.2 Å². The van der Waals surface area contributed by atoms with Gasteiger partial charge >= 0.3 is 5.97 Å². The van der Waals surface area contributed by atoms with Crippen molar-refractivity contribution in [2.75, 3.05) is 13.1 Å². The van der Waals surface area contributed by atoms with Crippen LogP contribution >= 0.6 is 27.3 Å². The molecule has 0 unspecified atom stereocenters. The highest BCUT2D eigenvalue weighted by Crippen LogP contribution is 2.33. The molecule has 0 atom stereocenters. The molecule has 0 spiro atoms. The van der Waals surface area contributed by atoms with Crippen molar-refractivity contribution >= 4 is 43.3 Å². The fraction of sp³-hybridized carbons (Fsp3) is 0.500. The number of rotatable bonds is 7. The molecular formula is C12H15BrN2O4S2. The number of carboxylic acid groups (broad SMARTS) is 1. The molecule has 6 nitrogen and oxygen atoms in total. The molecular weight excluding hydrogens is 380 g/mol. The van der Waals surface area contributed by atoms with Gasteiger partial charge in [-0.05, 0) is 27.9 Å². The van der Waals surface area contributed by atoms with Crippen LogP contribution in [0.2, 0.25) is 0 Å². The Balaban J connectivity index is 3.22. The molecule has 0 saturated heterocycles. The first-order chi connectivity index (χ1) is 9.70. The number of carbonyl (C=O) groups is 1. The number of aromatic carboxylic acids is 1. The van der Waals surface area contributed by atoms with Gasteiger partial charge < -0.3 is 5.11 Å². The lowest BCUT2D eigenvalue weighted by atomic mass is 10.2. The lowest BCUT2D eigenvalue weighted by Gasteiger charge is -2.22. The second kappa shape index (κ2) is 7.35. The molecule has 116 valence electrons. The first-order valence-electron chi connectivity index (χ1n) is 6.09. The van der Waals surface area contributed by atoms with Crippen molar-refractivity contribution in [1.82, 2.24) is 4.31 Å². The summed E-state index contributed by atoms with van der Waals surface area (Å²) in [5, 5.41) is 17.6. The lowest BCUT2D eigenvalue weighted by Crippen LogP contribution is -2.35. The van der Waals surface area contributed by atoms with Crippen LogP contribution in [0.4, 0.5) is 0 Å². The predicted molar refractivity (Wildman–Crippen MR) is 82.8 cm³/mol. The minimum Gasteiger partial charge on any atom is -0.477 e. The van der Waals surface area contributed by atoms with E-state index in [2.05, 4.69) is 15.9 Å². The van der Waals surface area contributed by atoms with Crippen LogP contribution in [0, 0.1) is 17.2 Å². The number of sulfonamides is 1. The first-order valence-corrected chi connectivity index (χ1v) is 9.14. The third kappa shape index (κ3) is 4.51. The minimum absolute atomic E-state index is 0.0507. The Morgan fingerprint density at radius 3 is 2.62 bits per heavy atom. The second-order valence-corrected chi connectivity index (χ2v) is 9.00. The molecule has 21 heavy (non-hydrogen) atoms. The lowest BCUT2D eigenvalue weighted by molar-refractivity contribution is 0.0702. The molecule has 0 aliphatic heterocycles. The molecule has 0 radical (unpaired) electrons. The van der Waals surface area contributed by atoms with Gasteiger partial charge in [0.05, 0.1) is 9.86 Å². The Morgan fingerprint density at radius 2 is 2.19 bits per heavy atom. The maximum Gasteiger partial charge on any atom is 0.345 e. The van der Waals surface area contributed by atoms with Crippen LogP contribution in [0.5, 0.6) is 0 Å². The van der Waals surface area contributed by atoms with Crippen LogP contribution in [0.15, 0.2) is 14.7 Å². The highest BCUT2D eigenvalue weighted by molar-refractivity contribution is 9.11. The molecule has 1 aromatic heterocycles. The van der Waals surface area contributed by atoms with E-state index in [0.29, 0.717) is 0 Å². The van der Waals surface area contributed by atoms with Crippen molar-refractivity contribution in [2.24, 2.45) is 5.92 Å². The van der Waals surface area contributed by atoms with E-state index in [1.165, 1.54) is 4.31 Å². The zero-order chi connectivity index (χ0) is 16.2. The molecule has 0 fully saturated rings. The minimum atomic E-state index is -3.83. The van der Waals surface area contributed by atoms with Crippen molar-refractivity contribution in [3.8, 4) is 6.07 Å².